The van der Waals surface area contributed by atoms with Crippen LogP contribution in [0.4, 0.5) is 5.69 Å². The second-order valence-corrected chi connectivity index (χ2v) is 4.51. The highest BCUT2D eigenvalue weighted by Crippen LogP contribution is 2.10. The molecule has 1 N–H and O–H groups in total. The van der Waals surface area contributed by atoms with Crippen LogP contribution in [0.3, 0.4) is 0 Å². The van der Waals surface area contributed by atoms with Crippen LogP contribution in [0.2, 0.25) is 0 Å². The second kappa shape index (κ2) is 6.00. The lowest BCUT2D eigenvalue weighted by atomic mass is 10.2. The number of anilines is 1. The summed E-state index contributed by atoms with van der Waals surface area (Å²) in [6.07, 6.45) is 1.49. The number of rotatable bonds is 5. The van der Waals surface area contributed by atoms with Crippen LogP contribution in [0.1, 0.15) is 10.5 Å². The largest absolute Gasteiger partial charge is 0.378 e. The molecule has 0 fully saturated rings. The van der Waals surface area contributed by atoms with Crippen LogP contribution < -0.4 is 5.32 Å². The lowest BCUT2D eigenvalue weighted by molar-refractivity contribution is 0.0999. The van der Waals surface area contributed by atoms with Crippen molar-refractivity contribution >= 4 is 11.5 Å². The maximum Gasteiger partial charge on any atom is 0.201 e. The van der Waals surface area contributed by atoms with Crippen molar-refractivity contribution < 1.29 is 4.79 Å². The zero-order valence-corrected chi connectivity index (χ0v) is 11.3. The Bertz CT molecular complexity index is 722. The third-order valence-electron chi connectivity index (χ3n) is 3.06. The van der Waals surface area contributed by atoms with Gasteiger partial charge in [0.25, 0.3) is 0 Å². The van der Waals surface area contributed by atoms with Gasteiger partial charge in [0.2, 0.25) is 5.78 Å². The topological polar surface area (TPSA) is 59.8 Å². The number of carbonyl (C=O) groups is 1. The van der Waals surface area contributed by atoms with E-state index >= 15 is 0 Å². The van der Waals surface area contributed by atoms with Gasteiger partial charge in [-0.15, -0.1) is 5.10 Å². The summed E-state index contributed by atoms with van der Waals surface area (Å²) in [4.78, 5) is 12.3. The fraction of sp³-hybridized carbons (Fsp3) is 0.0625. The summed E-state index contributed by atoms with van der Waals surface area (Å²) in [7, 11) is 0. The first-order valence-corrected chi connectivity index (χ1v) is 6.63. The number of nitrogens with one attached hydrogen (secondary N) is 1. The smallest absolute Gasteiger partial charge is 0.201 e. The number of hydrogen-bond acceptors (Lipinski definition) is 4. The van der Waals surface area contributed by atoms with Crippen LogP contribution in [0, 0.1) is 0 Å². The molecular weight excluding hydrogens is 264 g/mol. The summed E-state index contributed by atoms with van der Waals surface area (Å²) < 4.78 is 1.55. The quantitative estimate of drug-likeness (QED) is 0.729. The molecule has 0 aliphatic carbocycles. The number of benzene rings is 2. The SMILES string of the molecule is O=C(CNc1ccccc1)c1cnnn1-c1ccccc1. The Morgan fingerprint density at radius 1 is 1.00 bits per heavy atom. The van der Waals surface area contributed by atoms with Gasteiger partial charge in [-0.05, 0) is 24.3 Å². The Hall–Kier alpha value is -2.95. The lowest BCUT2D eigenvalue weighted by Crippen LogP contribution is -2.17. The molecule has 21 heavy (non-hydrogen) atoms. The summed E-state index contributed by atoms with van der Waals surface area (Å²) in [5, 5.41) is 10.9. The number of Topliss-reactive ketones (excluding diaryl/α,β-unsaturated/α-hetero) is 1. The maximum atomic E-state index is 12.3. The molecule has 0 spiro atoms. The zero-order chi connectivity index (χ0) is 14.5. The fourth-order valence-electron chi connectivity index (χ4n) is 2.01. The van der Waals surface area contributed by atoms with Gasteiger partial charge in [-0.2, -0.15) is 0 Å². The minimum Gasteiger partial charge on any atom is -0.378 e. The Kier molecular flexibility index (Phi) is 3.73. The van der Waals surface area contributed by atoms with E-state index in [4.69, 9.17) is 0 Å². The third kappa shape index (κ3) is 2.97. The summed E-state index contributed by atoms with van der Waals surface area (Å²) in [6, 6.07) is 19.1. The monoisotopic (exact) mass is 278 g/mol. The molecule has 0 radical (unpaired) electrons. The van der Waals surface area contributed by atoms with E-state index in [9.17, 15) is 4.79 Å². The van der Waals surface area contributed by atoms with Gasteiger partial charge in [-0.1, -0.05) is 41.6 Å². The molecular formula is C16H14N4O. The number of para-hydroxylation sites is 2. The minimum atomic E-state index is -0.0623. The average Bonchev–Trinajstić information content (AvgIpc) is 3.04. The molecule has 5 heteroatoms. The van der Waals surface area contributed by atoms with Crippen molar-refractivity contribution in [3.8, 4) is 5.69 Å². The average molecular weight is 278 g/mol. The second-order valence-electron chi connectivity index (χ2n) is 4.51. The van der Waals surface area contributed by atoms with Gasteiger partial charge in [0.1, 0.15) is 5.69 Å². The molecule has 1 aromatic heterocycles. The van der Waals surface area contributed by atoms with Crippen LogP contribution in [0.15, 0.2) is 66.9 Å². The van der Waals surface area contributed by atoms with Crippen LogP contribution >= 0.6 is 0 Å². The molecule has 0 amide bonds. The highest BCUT2D eigenvalue weighted by atomic mass is 16.1. The van der Waals surface area contributed by atoms with E-state index in [-0.39, 0.29) is 12.3 Å². The third-order valence-corrected chi connectivity index (χ3v) is 3.06. The summed E-state index contributed by atoms with van der Waals surface area (Å²) in [6.45, 7) is 0.199. The molecule has 3 rings (SSSR count). The highest BCUT2D eigenvalue weighted by molar-refractivity contribution is 5.97. The van der Waals surface area contributed by atoms with Crippen molar-refractivity contribution in [1.82, 2.24) is 15.0 Å². The Balaban J connectivity index is 1.76. The molecule has 0 aliphatic heterocycles. The zero-order valence-electron chi connectivity index (χ0n) is 11.3. The van der Waals surface area contributed by atoms with Gasteiger partial charge >= 0.3 is 0 Å². The normalized spacial score (nSPS) is 10.3. The summed E-state index contributed by atoms with van der Waals surface area (Å²) in [5.74, 6) is -0.0623. The van der Waals surface area contributed by atoms with Gasteiger partial charge in [-0.25, -0.2) is 4.68 Å². The first-order chi connectivity index (χ1) is 10.3. The Morgan fingerprint density at radius 3 is 2.38 bits per heavy atom. The van der Waals surface area contributed by atoms with Crippen molar-refractivity contribution in [1.29, 1.82) is 0 Å². The molecule has 5 nitrogen and oxygen atoms in total. The molecule has 0 bridgehead atoms. The van der Waals surface area contributed by atoms with E-state index in [0.717, 1.165) is 11.4 Å². The summed E-state index contributed by atoms with van der Waals surface area (Å²) in [5.41, 5.74) is 2.19. The molecule has 104 valence electrons. The standard InChI is InChI=1S/C16H14N4O/c21-16(12-17-13-7-3-1-4-8-13)15-11-18-19-20(15)14-9-5-2-6-10-14/h1-11,17H,12H2. The molecule has 0 saturated heterocycles. The molecule has 1 heterocycles. The van der Waals surface area contributed by atoms with Gasteiger partial charge in [0, 0.05) is 5.69 Å². The maximum absolute atomic E-state index is 12.3. The molecule has 0 saturated carbocycles. The number of hydrogen-bond donors (Lipinski definition) is 1. The van der Waals surface area contributed by atoms with E-state index in [1.807, 2.05) is 60.7 Å². The number of carbonyl (C=O) groups excluding carboxylic acids is 1. The van der Waals surface area contributed by atoms with Gasteiger partial charge in [0.05, 0.1) is 18.4 Å². The van der Waals surface area contributed by atoms with E-state index < -0.39 is 0 Å². The number of nitrogens with zero attached hydrogens (tertiary/aromatic N) is 3. The van der Waals surface area contributed by atoms with Crippen molar-refractivity contribution in [3.05, 3.63) is 72.6 Å². The van der Waals surface area contributed by atoms with Gasteiger partial charge in [-0.3, -0.25) is 4.79 Å². The predicted octanol–water partition coefficient (Wildman–Crippen LogP) is 2.56. The van der Waals surface area contributed by atoms with Crippen molar-refractivity contribution in [2.24, 2.45) is 0 Å². The minimum absolute atomic E-state index is 0.0623. The molecule has 3 aromatic rings. The predicted molar refractivity (Wildman–Crippen MR) is 80.6 cm³/mol. The highest BCUT2D eigenvalue weighted by Gasteiger charge is 2.14. The van der Waals surface area contributed by atoms with E-state index in [1.165, 1.54) is 6.20 Å². The van der Waals surface area contributed by atoms with Crippen LogP contribution in [-0.4, -0.2) is 27.3 Å². The molecule has 0 aliphatic rings. The number of aromatic nitrogens is 3. The van der Waals surface area contributed by atoms with E-state index in [1.54, 1.807) is 4.68 Å². The Labute approximate surface area is 122 Å². The van der Waals surface area contributed by atoms with Gasteiger partial charge in [0.15, 0.2) is 0 Å². The first-order valence-electron chi connectivity index (χ1n) is 6.63. The fourth-order valence-corrected chi connectivity index (χ4v) is 2.01. The van der Waals surface area contributed by atoms with Crippen molar-refractivity contribution in [2.75, 3.05) is 11.9 Å². The van der Waals surface area contributed by atoms with Crippen LogP contribution in [0.25, 0.3) is 5.69 Å². The van der Waals surface area contributed by atoms with Gasteiger partial charge < -0.3 is 5.32 Å². The first kappa shape index (κ1) is 13.1. The van der Waals surface area contributed by atoms with Crippen LogP contribution in [0.5, 0.6) is 0 Å². The molecule has 0 unspecified atom stereocenters. The molecule has 2 aromatic carbocycles. The van der Waals surface area contributed by atoms with Crippen molar-refractivity contribution in [2.45, 2.75) is 0 Å². The van der Waals surface area contributed by atoms with E-state index in [0.29, 0.717) is 5.69 Å². The Morgan fingerprint density at radius 2 is 1.67 bits per heavy atom. The molecule has 0 atom stereocenters. The van der Waals surface area contributed by atoms with Crippen LogP contribution in [-0.2, 0) is 0 Å². The van der Waals surface area contributed by atoms with E-state index in [2.05, 4.69) is 15.6 Å². The lowest BCUT2D eigenvalue weighted by Gasteiger charge is -2.07. The van der Waals surface area contributed by atoms with Crippen molar-refractivity contribution in [3.63, 3.8) is 0 Å². The summed E-state index contributed by atoms with van der Waals surface area (Å²) >= 11 is 0. The number of ketones is 1.